The number of halogens is 14. The van der Waals surface area contributed by atoms with Crippen molar-refractivity contribution in [2.75, 3.05) is 0 Å². The maximum absolute atomic E-state index is 14.9. The van der Waals surface area contributed by atoms with Crippen LogP contribution in [-0.4, -0.2) is 6.11 Å². The Morgan fingerprint density at radius 3 is 1.71 bits per heavy atom. The Balaban J connectivity index is 1.55. The molecule has 0 fully saturated rings. The molecule has 4 rings (SSSR count). The first-order chi connectivity index (χ1) is 22.7. The van der Waals surface area contributed by atoms with Gasteiger partial charge in [0.05, 0.1) is 11.6 Å². The molecule has 0 spiro atoms. The molecule has 0 unspecified atom stereocenters. The molecular formula is C32H18F14O3. The molecule has 4 aromatic rings. The summed E-state index contributed by atoms with van der Waals surface area (Å²) in [5, 5.41) is 0. The lowest BCUT2D eigenvalue weighted by atomic mass is 10.0. The van der Waals surface area contributed by atoms with E-state index in [1.807, 2.05) is 0 Å². The third kappa shape index (κ3) is 8.56. The molecule has 262 valence electrons. The van der Waals surface area contributed by atoms with Gasteiger partial charge >= 0.3 is 18.3 Å². The second-order valence-corrected chi connectivity index (χ2v) is 10.1. The standard InChI is InChI=1S/C32H18F14O3/c1-2-3-15-4-7-20(22(34)8-15)31(43,44)48-18-12-23(35)28(24(36)13-18)32(45,46)47-17-5-6-19(21(33)11-17)16-9-25(37)29(26(38)10-16)49-30(41,42)14-27(39)40/h4-14H,2-3H2,1H3. The van der Waals surface area contributed by atoms with Gasteiger partial charge in [0.15, 0.2) is 17.4 Å². The van der Waals surface area contributed by atoms with E-state index in [9.17, 15) is 61.5 Å². The minimum Gasteiger partial charge on any atom is -0.429 e. The average Bonchev–Trinajstić information content (AvgIpc) is 2.93. The average molecular weight is 716 g/mol. The van der Waals surface area contributed by atoms with E-state index in [1.54, 1.807) is 6.92 Å². The topological polar surface area (TPSA) is 27.7 Å². The molecule has 0 aliphatic carbocycles. The number of aryl methyl sites for hydroxylation is 1. The van der Waals surface area contributed by atoms with Crippen LogP contribution in [0.25, 0.3) is 11.1 Å². The van der Waals surface area contributed by atoms with E-state index >= 15 is 0 Å². The molecule has 3 nitrogen and oxygen atoms in total. The van der Waals surface area contributed by atoms with Gasteiger partial charge in [0.1, 0.15) is 40.3 Å². The van der Waals surface area contributed by atoms with Crippen LogP contribution >= 0.6 is 0 Å². The van der Waals surface area contributed by atoms with Crippen molar-refractivity contribution in [3.8, 4) is 28.4 Å². The second kappa shape index (κ2) is 13.9. The minimum atomic E-state index is -4.96. The SMILES string of the molecule is CCCc1ccc(C(F)(F)Oc2cc(F)c(C(F)(F)Oc3ccc(-c4cc(F)c(OC(F)(F)C=C(F)F)c(F)c4)c(F)c3)c(F)c2)c(F)c1. The lowest BCUT2D eigenvalue weighted by Crippen LogP contribution is -2.26. The number of benzene rings is 4. The Morgan fingerprint density at radius 1 is 0.612 bits per heavy atom. The van der Waals surface area contributed by atoms with Gasteiger partial charge < -0.3 is 14.2 Å². The van der Waals surface area contributed by atoms with Crippen LogP contribution in [0.5, 0.6) is 17.2 Å². The summed E-state index contributed by atoms with van der Waals surface area (Å²) in [7, 11) is 0. The van der Waals surface area contributed by atoms with Gasteiger partial charge in [-0.05, 0) is 53.9 Å². The van der Waals surface area contributed by atoms with Crippen molar-refractivity contribution in [2.45, 2.75) is 38.1 Å². The lowest BCUT2D eigenvalue weighted by molar-refractivity contribution is -0.191. The van der Waals surface area contributed by atoms with Crippen LogP contribution in [0.15, 0.2) is 72.8 Å². The van der Waals surface area contributed by atoms with Crippen LogP contribution in [-0.2, 0) is 18.6 Å². The van der Waals surface area contributed by atoms with E-state index < -0.39 is 105 Å². The number of rotatable bonds is 12. The summed E-state index contributed by atoms with van der Waals surface area (Å²) in [6.45, 7) is 1.76. The van der Waals surface area contributed by atoms with Crippen molar-refractivity contribution in [3.05, 3.63) is 124 Å². The first-order valence-corrected chi connectivity index (χ1v) is 13.5. The van der Waals surface area contributed by atoms with E-state index in [0.717, 1.165) is 6.07 Å². The summed E-state index contributed by atoms with van der Waals surface area (Å²) < 4.78 is 209. The Kier molecular flexibility index (Phi) is 10.4. The van der Waals surface area contributed by atoms with Crippen molar-refractivity contribution in [3.63, 3.8) is 0 Å². The summed E-state index contributed by atoms with van der Waals surface area (Å²) in [5.74, 6) is -15.4. The van der Waals surface area contributed by atoms with Gasteiger partial charge in [-0.2, -0.15) is 35.1 Å². The lowest BCUT2D eigenvalue weighted by Gasteiger charge is -2.22. The molecule has 0 N–H and O–H groups in total. The molecule has 0 saturated heterocycles. The number of hydrogen-bond acceptors (Lipinski definition) is 3. The van der Waals surface area contributed by atoms with Crippen molar-refractivity contribution in [2.24, 2.45) is 0 Å². The molecule has 0 aliphatic rings. The second-order valence-electron chi connectivity index (χ2n) is 10.1. The highest BCUT2D eigenvalue weighted by molar-refractivity contribution is 5.66. The molecule has 0 bridgehead atoms. The Morgan fingerprint density at radius 2 is 1.18 bits per heavy atom. The van der Waals surface area contributed by atoms with Crippen molar-refractivity contribution >= 4 is 0 Å². The summed E-state index contributed by atoms with van der Waals surface area (Å²) in [6.07, 6.45) is -17.4. The van der Waals surface area contributed by atoms with Crippen LogP contribution in [0, 0.1) is 34.9 Å². The smallest absolute Gasteiger partial charge is 0.429 e. The van der Waals surface area contributed by atoms with Gasteiger partial charge in [0, 0.05) is 23.8 Å². The van der Waals surface area contributed by atoms with Gasteiger partial charge in [-0.15, -0.1) is 0 Å². The molecule has 0 atom stereocenters. The van der Waals surface area contributed by atoms with Gasteiger partial charge in [0.25, 0.3) is 6.08 Å². The number of ether oxygens (including phenoxy) is 3. The van der Waals surface area contributed by atoms with Crippen molar-refractivity contribution in [1.82, 2.24) is 0 Å². The molecular weight excluding hydrogens is 698 g/mol. The largest absolute Gasteiger partial charge is 0.432 e. The molecule has 0 aliphatic heterocycles. The highest BCUT2D eigenvalue weighted by atomic mass is 19.3. The van der Waals surface area contributed by atoms with E-state index in [-0.39, 0.29) is 30.3 Å². The Hall–Kier alpha value is -4.96. The van der Waals surface area contributed by atoms with Crippen molar-refractivity contribution < 1.29 is 75.7 Å². The molecule has 0 amide bonds. The maximum atomic E-state index is 14.9. The molecule has 0 saturated carbocycles. The van der Waals surface area contributed by atoms with E-state index in [2.05, 4.69) is 14.2 Å². The fraction of sp³-hybridized carbons (Fsp3) is 0.188. The fourth-order valence-corrected chi connectivity index (χ4v) is 4.43. The third-order valence-electron chi connectivity index (χ3n) is 6.45. The zero-order chi connectivity index (χ0) is 36.5. The van der Waals surface area contributed by atoms with Crippen LogP contribution in [0.4, 0.5) is 61.5 Å². The predicted molar refractivity (Wildman–Crippen MR) is 143 cm³/mol. The molecule has 17 heteroatoms. The fourth-order valence-electron chi connectivity index (χ4n) is 4.43. The van der Waals surface area contributed by atoms with E-state index in [0.29, 0.717) is 36.6 Å². The zero-order valence-electron chi connectivity index (χ0n) is 24.3. The summed E-state index contributed by atoms with van der Waals surface area (Å²) in [4.78, 5) is 0. The van der Waals surface area contributed by atoms with E-state index in [1.165, 1.54) is 6.07 Å². The first kappa shape index (κ1) is 36.9. The monoisotopic (exact) mass is 716 g/mol. The Bertz CT molecular complexity index is 1840. The summed E-state index contributed by atoms with van der Waals surface area (Å²) in [5.41, 5.74) is -4.55. The summed E-state index contributed by atoms with van der Waals surface area (Å²) in [6, 6.07) is 4.33. The zero-order valence-corrected chi connectivity index (χ0v) is 24.3. The molecule has 0 radical (unpaired) electrons. The highest BCUT2D eigenvalue weighted by Gasteiger charge is 2.43. The van der Waals surface area contributed by atoms with Crippen LogP contribution in [0.3, 0.4) is 0 Å². The van der Waals surface area contributed by atoms with Gasteiger partial charge in [0.2, 0.25) is 0 Å². The third-order valence-corrected chi connectivity index (χ3v) is 6.45. The maximum Gasteiger partial charge on any atom is 0.432 e. The van der Waals surface area contributed by atoms with Crippen LogP contribution in [0.1, 0.15) is 30.0 Å². The van der Waals surface area contributed by atoms with Gasteiger partial charge in [-0.25, -0.2) is 26.3 Å². The highest BCUT2D eigenvalue weighted by Crippen LogP contribution is 2.41. The molecule has 0 heterocycles. The molecule has 49 heavy (non-hydrogen) atoms. The van der Waals surface area contributed by atoms with Crippen LogP contribution < -0.4 is 14.2 Å². The molecule has 4 aromatic carbocycles. The van der Waals surface area contributed by atoms with Gasteiger partial charge in [-0.1, -0.05) is 19.4 Å². The minimum absolute atomic E-state index is 0.0622. The predicted octanol–water partition coefficient (Wildman–Crippen LogP) is 11.1. The molecule has 0 aromatic heterocycles. The first-order valence-electron chi connectivity index (χ1n) is 13.5. The number of hydrogen-bond donors (Lipinski definition) is 0. The quantitative estimate of drug-likeness (QED) is 0.137. The Labute approximate surface area is 266 Å². The van der Waals surface area contributed by atoms with E-state index in [4.69, 9.17) is 0 Å². The van der Waals surface area contributed by atoms with Gasteiger partial charge in [-0.3, -0.25) is 0 Å². The normalized spacial score (nSPS) is 12.1. The van der Waals surface area contributed by atoms with Crippen molar-refractivity contribution in [1.29, 1.82) is 0 Å². The van der Waals surface area contributed by atoms with Crippen LogP contribution in [0.2, 0.25) is 0 Å². The summed E-state index contributed by atoms with van der Waals surface area (Å²) >= 11 is 0. The number of alkyl halides is 6.